The van der Waals surface area contributed by atoms with Crippen LogP contribution in [-0.2, 0) is 6.42 Å². The highest BCUT2D eigenvalue weighted by Crippen LogP contribution is 2.27. The highest BCUT2D eigenvalue weighted by atomic mass is 32.1. The number of hydrogen-bond acceptors (Lipinski definition) is 2. The zero-order valence-electron chi connectivity index (χ0n) is 10.2. The van der Waals surface area contributed by atoms with Crippen LogP contribution in [0, 0.1) is 0 Å². The summed E-state index contributed by atoms with van der Waals surface area (Å²) in [5, 5.41) is 1.85. The zero-order valence-corrected chi connectivity index (χ0v) is 11.1. The molecule has 5 heteroatoms. The largest absolute Gasteiger partial charge is 0.369 e. The van der Waals surface area contributed by atoms with Crippen LogP contribution < -0.4 is 10.6 Å². The summed E-state index contributed by atoms with van der Waals surface area (Å²) in [6.07, 6.45) is 0.930. The van der Waals surface area contributed by atoms with Crippen LogP contribution in [0.25, 0.3) is 0 Å². The standard InChI is InChI=1S/C14H13N3OS/c15-14(16-13(18)12-6-3-9-19-12)17-8-7-10-4-1-2-5-11(10)17/h1-6,9H,7-8H2,(H2,15,16,18). The number of carbonyl (C=O) groups is 1. The molecule has 2 aromatic rings. The van der Waals surface area contributed by atoms with E-state index < -0.39 is 0 Å². The second-order valence-electron chi connectivity index (χ2n) is 4.28. The third-order valence-corrected chi connectivity index (χ3v) is 3.97. The fraction of sp³-hybridized carbons (Fsp3) is 0.143. The van der Waals surface area contributed by atoms with Crippen LogP contribution in [0.2, 0.25) is 0 Å². The number of hydrogen-bond donors (Lipinski definition) is 1. The summed E-state index contributed by atoms with van der Waals surface area (Å²) in [4.78, 5) is 18.4. The van der Waals surface area contributed by atoms with Gasteiger partial charge in [0.05, 0.1) is 4.88 Å². The van der Waals surface area contributed by atoms with Gasteiger partial charge in [0, 0.05) is 12.2 Å². The first-order chi connectivity index (χ1) is 9.25. The van der Waals surface area contributed by atoms with Gasteiger partial charge in [-0.1, -0.05) is 24.3 Å². The van der Waals surface area contributed by atoms with E-state index in [2.05, 4.69) is 11.1 Å². The Kier molecular flexibility index (Phi) is 3.05. The van der Waals surface area contributed by atoms with E-state index in [1.54, 1.807) is 6.07 Å². The molecule has 2 heterocycles. The van der Waals surface area contributed by atoms with Crippen LogP contribution in [0.4, 0.5) is 5.69 Å². The molecule has 0 fully saturated rings. The van der Waals surface area contributed by atoms with Crippen molar-refractivity contribution in [1.29, 1.82) is 0 Å². The number of anilines is 1. The average Bonchev–Trinajstić information content (AvgIpc) is 3.08. The van der Waals surface area contributed by atoms with Gasteiger partial charge in [-0.2, -0.15) is 4.99 Å². The lowest BCUT2D eigenvalue weighted by Crippen LogP contribution is -2.36. The quantitative estimate of drug-likeness (QED) is 0.639. The van der Waals surface area contributed by atoms with Crippen LogP contribution >= 0.6 is 11.3 Å². The molecule has 1 aliphatic rings. The molecule has 0 bridgehead atoms. The molecule has 0 saturated heterocycles. The maximum absolute atomic E-state index is 11.9. The molecule has 0 atom stereocenters. The SMILES string of the molecule is NC(=NC(=O)c1cccs1)N1CCc2ccccc21. The van der Waals surface area contributed by atoms with Crippen molar-refractivity contribution in [1.82, 2.24) is 0 Å². The Bertz CT molecular complexity index is 634. The number of guanidine groups is 1. The van der Waals surface area contributed by atoms with Gasteiger partial charge in [-0.3, -0.25) is 4.79 Å². The lowest BCUT2D eigenvalue weighted by atomic mass is 10.2. The smallest absolute Gasteiger partial charge is 0.290 e. The lowest BCUT2D eigenvalue weighted by Gasteiger charge is -2.17. The Balaban J connectivity index is 1.86. The molecule has 19 heavy (non-hydrogen) atoms. The minimum atomic E-state index is -0.281. The fourth-order valence-corrected chi connectivity index (χ4v) is 2.80. The highest BCUT2D eigenvalue weighted by molar-refractivity contribution is 7.12. The summed E-state index contributed by atoms with van der Waals surface area (Å²) in [6, 6.07) is 11.6. The van der Waals surface area contributed by atoms with Gasteiger partial charge in [-0.15, -0.1) is 11.3 Å². The number of thiophene rings is 1. The molecule has 1 aliphatic heterocycles. The summed E-state index contributed by atoms with van der Waals surface area (Å²) < 4.78 is 0. The van der Waals surface area contributed by atoms with Crippen molar-refractivity contribution in [3.05, 3.63) is 52.2 Å². The summed E-state index contributed by atoms with van der Waals surface area (Å²) in [7, 11) is 0. The van der Waals surface area contributed by atoms with E-state index in [1.807, 2.05) is 34.5 Å². The summed E-state index contributed by atoms with van der Waals surface area (Å²) >= 11 is 1.37. The molecule has 2 N–H and O–H groups in total. The summed E-state index contributed by atoms with van der Waals surface area (Å²) in [5.41, 5.74) is 8.24. The number of nitrogens with two attached hydrogens (primary N) is 1. The van der Waals surface area contributed by atoms with Gasteiger partial charge in [0.1, 0.15) is 0 Å². The van der Waals surface area contributed by atoms with E-state index in [9.17, 15) is 4.79 Å². The molecule has 3 rings (SSSR count). The monoisotopic (exact) mass is 271 g/mol. The van der Waals surface area contributed by atoms with E-state index in [0.717, 1.165) is 18.7 Å². The molecule has 96 valence electrons. The zero-order chi connectivity index (χ0) is 13.2. The Labute approximate surface area is 115 Å². The highest BCUT2D eigenvalue weighted by Gasteiger charge is 2.21. The molecule has 0 radical (unpaired) electrons. The molecule has 0 aliphatic carbocycles. The summed E-state index contributed by atoms with van der Waals surface area (Å²) in [5.74, 6) is -0.0137. The molecule has 1 amide bonds. The predicted molar refractivity (Wildman–Crippen MR) is 77.8 cm³/mol. The number of fused-ring (bicyclic) bond motifs is 1. The van der Waals surface area contributed by atoms with E-state index in [-0.39, 0.29) is 11.9 Å². The molecule has 0 spiro atoms. The van der Waals surface area contributed by atoms with Gasteiger partial charge in [0.25, 0.3) is 5.91 Å². The van der Waals surface area contributed by atoms with Crippen molar-refractivity contribution in [2.75, 3.05) is 11.4 Å². The van der Waals surface area contributed by atoms with Crippen molar-refractivity contribution in [3.8, 4) is 0 Å². The summed E-state index contributed by atoms with van der Waals surface area (Å²) in [6.45, 7) is 0.770. The average molecular weight is 271 g/mol. The second-order valence-corrected chi connectivity index (χ2v) is 5.23. The molecule has 0 saturated carbocycles. The number of rotatable bonds is 1. The molecular formula is C14H13N3OS. The minimum absolute atomic E-state index is 0.267. The Hall–Kier alpha value is -2.14. The maximum Gasteiger partial charge on any atom is 0.290 e. The van der Waals surface area contributed by atoms with Crippen LogP contribution in [0.5, 0.6) is 0 Å². The van der Waals surface area contributed by atoms with Crippen molar-refractivity contribution in [2.45, 2.75) is 6.42 Å². The first-order valence-electron chi connectivity index (χ1n) is 6.03. The van der Waals surface area contributed by atoms with Crippen molar-refractivity contribution in [2.24, 2.45) is 10.7 Å². The van der Waals surface area contributed by atoms with Crippen LogP contribution in [0.15, 0.2) is 46.8 Å². The van der Waals surface area contributed by atoms with Crippen molar-refractivity contribution in [3.63, 3.8) is 0 Å². The molecule has 1 aromatic carbocycles. The van der Waals surface area contributed by atoms with Gasteiger partial charge in [0.2, 0.25) is 5.96 Å². The molecular weight excluding hydrogens is 258 g/mol. The van der Waals surface area contributed by atoms with Gasteiger partial charge >= 0.3 is 0 Å². The van der Waals surface area contributed by atoms with E-state index >= 15 is 0 Å². The van der Waals surface area contributed by atoms with E-state index in [0.29, 0.717) is 4.88 Å². The number of aliphatic imine (C=N–C) groups is 1. The van der Waals surface area contributed by atoms with Gasteiger partial charge in [-0.25, -0.2) is 0 Å². The normalized spacial score (nSPS) is 14.5. The van der Waals surface area contributed by atoms with E-state index in [1.165, 1.54) is 16.9 Å². The third-order valence-electron chi connectivity index (χ3n) is 3.11. The minimum Gasteiger partial charge on any atom is -0.369 e. The predicted octanol–water partition coefficient (Wildman–Crippen LogP) is 2.27. The molecule has 4 nitrogen and oxygen atoms in total. The van der Waals surface area contributed by atoms with Gasteiger partial charge < -0.3 is 10.6 Å². The number of amides is 1. The number of benzene rings is 1. The Morgan fingerprint density at radius 2 is 2.11 bits per heavy atom. The number of carbonyl (C=O) groups excluding carboxylic acids is 1. The third kappa shape index (κ3) is 2.24. The molecule has 1 aromatic heterocycles. The van der Waals surface area contributed by atoms with Crippen LogP contribution in [0.1, 0.15) is 15.2 Å². The van der Waals surface area contributed by atoms with Gasteiger partial charge in [0.15, 0.2) is 0 Å². The number of nitrogens with zero attached hydrogens (tertiary/aromatic N) is 2. The molecule has 0 unspecified atom stereocenters. The Morgan fingerprint density at radius 3 is 2.89 bits per heavy atom. The van der Waals surface area contributed by atoms with Crippen molar-refractivity contribution >= 4 is 28.9 Å². The lowest BCUT2D eigenvalue weighted by molar-refractivity contribution is 0.101. The Morgan fingerprint density at radius 1 is 1.26 bits per heavy atom. The van der Waals surface area contributed by atoms with Crippen LogP contribution in [0.3, 0.4) is 0 Å². The maximum atomic E-state index is 11.9. The topological polar surface area (TPSA) is 58.7 Å². The van der Waals surface area contributed by atoms with E-state index in [4.69, 9.17) is 5.73 Å². The first kappa shape index (κ1) is 11.9. The van der Waals surface area contributed by atoms with Crippen LogP contribution in [-0.4, -0.2) is 18.4 Å². The fourth-order valence-electron chi connectivity index (χ4n) is 2.20. The first-order valence-corrected chi connectivity index (χ1v) is 6.91. The second kappa shape index (κ2) is 4.85. The number of para-hydroxylation sites is 1. The van der Waals surface area contributed by atoms with Crippen molar-refractivity contribution < 1.29 is 4.79 Å². The van der Waals surface area contributed by atoms with Gasteiger partial charge in [-0.05, 0) is 29.5 Å².